The Bertz CT molecular complexity index is 805. The van der Waals surface area contributed by atoms with Crippen LogP contribution in [0.2, 0.25) is 6.82 Å². The molecule has 4 rings (SSSR count). The second-order valence-corrected chi connectivity index (χ2v) is 5.85. The molecule has 3 heteroatoms. The van der Waals surface area contributed by atoms with Crippen molar-refractivity contribution < 1.29 is 0 Å². The molecule has 0 bridgehead atoms. The summed E-state index contributed by atoms with van der Waals surface area (Å²) in [5, 5.41) is 0. The van der Waals surface area contributed by atoms with E-state index in [9.17, 15) is 0 Å². The fourth-order valence-corrected chi connectivity index (χ4v) is 2.70. The Hall–Kier alpha value is -3.07. The van der Waals surface area contributed by atoms with Gasteiger partial charge in [0.1, 0.15) is 5.82 Å². The van der Waals surface area contributed by atoms with Gasteiger partial charge in [-0.25, -0.2) is 4.98 Å². The third-order valence-electron chi connectivity index (χ3n) is 4.14. The van der Waals surface area contributed by atoms with Gasteiger partial charge < -0.3 is 4.98 Å². The molecule has 1 N–H and O–H groups in total. The standard InChI is InChI=1S/C13H13B.C9H8N2/c1-14(12-8-4-2-5-9-12)13-10-6-3-7-11-13;1-2-4-8(5-3-1)9-10-6-7-11-9/h2-11H,1H3;1-7H,(H,10,11). The largest absolute Gasteiger partial charge is 0.345 e. The van der Waals surface area contributed by atoms with Crippen LogP contribution in [0.4, 0.5) is 0 Å². The Morgan fingerprint density at radius 1 is 0.680 bits per heavy atom. The summed E-state index contributed by atoms with van der Waals surface area (Å²) in [4.78, 5) is 7.17. The van der Waals surface area contributed by atoms with Crippen molar-refractivity contribution in [3.8, 4) is 11.4 Å². The van der Waals surface area contributed by atoms with Crippen LogP contribution in [0.1, 0.15) is 0 Å². The first-order chi connectivity index (χ1) is 12.3. The van der Waals surface area contributed by atoms with Gasteiger partial charge in [-0.2, -0.15) is 0 Å². The maximum Gasteiger partial charge on any atom is 0.206 e. The Labute approximate surface area is 149 Å². The van der Waals surface area contributed by atoms with Crippen molar-refractivity contribution in [3.05, 3.63) is 103 Å². The Morgan fingerprint density at radius 2 is 1.16 bits per heavy atom. The van der Waals surface area contributed by atoms with Gasteiger partial charge in [0.2, 0.25) is 6.71 Å². The molecule has 0 saturated carbocycles. The van der Waals surface area contributed by atoms with Gasteiger partial charge >= 0.3 is 0 Å². The van der Waals surface area contributed by atoms with Crippen LogP contribution in [-0.4, -0.2) is 16.7 Å². The molecule has 122 valence electrons. The van der Waals surface area contributed by atoms with Crippen molar-refractivity contribution in [1.82, 2.24) is 9.97 Å². The van der Waals surface area contributed by atoms with Gasteiger partial charge in [0, 0.05) is 18.0 Å². The van der Waals surface area contributed by atoms with Gasteiger partial charge in [-0.15, -0.1) is 0 Å². The lowest BCUT2D eigenvalue weighted by molar-refractivity contribution is 1.31. The molecule has 1 heterocycles. The summed E-state index contributed by atoms with van der Waals surface area (Å²) in [6.07, 6.45) is 3.57. The molecule has 0 unspecified atom stereocenters. The molecular weight excluding hydrogens is 303 g/mol. The van der Waals surface area contributed by atoms with E-state index in [1.54, 1.807) is 6.20 Å². The first-order valence-corrected chi connectivity index (χ1v) is 8.49. The topological polar surface area (TPSA) is 28.7 Å². The molecule has 3 aromatic carbocycles. The SMILES string of the molecule is CB(c1ccccc1)c1ccccc1.c1ccc(-c2ncc[nH]2)cc1. The minimum absolute atomic E-state index is 0.484. The van der Waals surface area contributed by atoms with Gasteiger partial charge in [-0.05, 0) is 0 Å². The van der Waals surface area contributed by atoms with E-state index in [1.165, 1.54) is 10.9 Å². The zero-order valence-electron chi connectivity index (χ0n) is 14.3. The van der Waals surface area contributed by atoms with Crippen LogP contribution in [0.5, 0.6) is 0 Å². The third-order valence-corrected chi connectivity index (χ3v) is 4.14. The number of nitrogens with one attached hydrogen (secondary N) is 1. The van der Waals surface area contributed by atoms with Crippen molar-refractivity contribution in [2.24, 2.45) is 0 Å². The molecule has 25 heavy (non-hydrogen) atoms. The van der Waals surface area contributed by atoms with Gasteiger partial charge in [0.05, 0.1) is 0 Å². The minimum atomic E-state index is 0.484. The number of benzene rings is 3. The second-order valence-electron chi connectivity index (χ2n) is 5.85. The highest BCUT2D eigenvalue weighted by molar-refractivity contribution is 6.84. The maximum absolute atomic E-state index is 4.13. The minimum Gasteiger partial charge on any atom is -0.345 e. The highest BCUT2D eigenvalue weighted by Crippen LogP contribution is 2.11. The van der Waals surface area contributed by atoms with E-state index < -0.39 is 0 Å². The fraction of sp³-hybridized carbons (Fsp3) is 0.0455. The molecule has 2 nitrogen and oxygen atoms in total. The van der Waals surface area contributed by atoms with E-state index in [2.05, 4.69) is 77.5 Å². The summed E-state index contributed by atoms with van der Waals surface area (Å²) in [5.41, 5.74) is 3.87. The molecule has 0 amide bonds. The summed E-state index contributed by atoms with van der Waals surface area (Å²) in [7, 11) is 0. The first kappa shape index (κ1) is 16.8. The molecular formula is C22H21BN2. The molecule has 0 spiro atoms. The van der Waals surface area contributed by atoms with Crippen LogP contribution in [0.3, 0.4) is 0 Å². The molecule has 0 radical (unpaired) electrons. The van der Waals surface area contributed by atoms with Crippen LogP contribution in [-0.2, 0) is 0 Å². The Kier molecular flexibility index (Phi) is 5.84. The molecule has 0 fully saturated rings. The zero-order chi connectivity index (χ0) is 17.3. The Balaban J connectivity index is 0.000000150. The maximum atomic E-state index is 4.13. The number of hydrogen-bond acceptors (Lipinski definition) is 1. The molecule has 0 aliphatic carbocycles. The van der Waals surface area contributed by atoms with Crippen molar-refractivity contribution in [3.63, 3.8) is 0 Å². The van der Waals surface area contributed by atoms with Crippen LogP contribution in [0, 0.1) is 0 Å². The Morgan fingerprint density at radius 3 is 1.60 bits per heavy atom. The van der Waals surface area contributed by atoms with Crippen molar-refractivity contribution in [2.45, 2.75) is 6.82 Å². The fourth-order valence-electron chi connectivity index (χ4n) is 2.70. The highest BCUT2D eigenvalue weighted by Gasteiger charge is 2.10. The molecule has 4 aromatic rings. The monoisotopic (exact) mass is 324 g/mol. The lowest BCUT2D eigenvalue weighted by atomic mass is 9.43. The number of aromatic amines is 1. The van der Waals surface area contributed by atoms with E-state index in [4.69, 9.17) is 0 Å². The lowest BCUT2D eigenvalue weighted by Crippen LogP contribution is -2.38. The summed E-state index contributed by atoms with van der Waals surface area (Å²) in [6, 6.07) is 31.2. The number of rotatable bonds is 3. The normalized spacial score (nSPS) is 9.80. The lowest BCUT2D eigenvalue weighted by Gasteiger charge is -2.08. The average molecular weight is 324 g/mol. The molecule has 0 saturated heterocycles. The number of hydrogen-bond donors (Lipinski definition) is 1. The zero-order valence-corrected chi connectivity index (χ0v) is 14.3. The number of nitrogens with zero attached hydrogens (tertiary/aromatic N) is 1. The smallest absolute Gasteiger partial charge is 0.206 e. The van der Waals surface area contributed by atoms with E-state index in [1.807, 2.05) is 36.5 Å². The molecule has 1 aromatic heterocycles. The van der Waals surface area contributed by atoms with E-state index in [0.717, 1.165) is 11.4 Å². The first-order valence-electron chi connectivity index (χ1n) is 8.49. The van der Waals surface area contributed by atoms with Gasteiger partial charge in [-0.3, -0.25) is 0 Å². The van der Waals surface area contributed by atoms with E-state index >= 15 is 0 Å². The van der Waals surface area contributed by atoms with Crippen LogP contribution in [0.15, 0.2) is 103 Å². The number of aromatic nitrogens is 2. The summed E-state index contributed by atoms with van der Waals surface area (Å²) >= 11 is 0. The van der Waals surface area contributed by atoms with E-state index in [0.29, 0.717) is 6.71 Å². The van der Waals surface area contributed by atoms with Crippen molar-refractivity contribution >= 4 is 17.6 Å². The second kappa shape index (κ2) is 8.69. The molecule has 0 atom stereocenters. The van der Waals surface area contributed by atoms with Crippen LogP contribution >= 0.6 is 0 Å². The van der Waals surface area contributed by atoms with Crippen molar-refractivity contribution in [2.75, 3.05) is 0 Å². The molecule has 0 aliphatic heterocycles. The van der Waals surface area contributed by atoms with E-state index in [-0.39, 0.29) is 0 Å². The average Bonchev–Trinajstić information content (AvgIpc) is 3.25. The number of imidazole rings is 1. The third kappa shape index (κ3) is 4.71. The van der Waals surface area contributed by atoms with Crippen LogP contribution in [0.25, 0.3) is 11.4 Å². The van der Waals surface area contributed by atoms with Gasteiger partial charge in [0.15, 0.2) is 0 Å². The predicted molar refractivity (Wildman–Crippen MR) is 108 cm³/mol. The van der Waals surface area contributed by atoms with Gasteiger partial charge in [-0.1, -0.05) is 109 Å². The number of H-pyrrole nitrogens is 1. The summed E-state index contributed by atoms with van der Waals surface area (Å²) in [5.74, 6) is 0.922. The summed E-state index contributed by atoms with van der Waals surface area (Å²) in [6.45, 7) is 2.72. The van der Waals surface area contributed by atoms with Crippen molar-refractivity contribution in [1.29, 1.82) is 0 Å². The quantitative estimate of drug-likeness (QED) is 0.567. The van der Waals surface area contributed by atoms with Crippen LogP contribution < -0.4 is 10.9 Å². The summed E-state index contributed by atoms with van der Waals surface area (Å²) < 4.78 is 0. The molecule has 0 aliphatic rings. The highest BCUT2D eigenvalue weighted by atomic mass is 14.9. The predicted octanol–water partition coefficient (Wildman–Crippen LogP) is 4.00. The van der Waals surface area contributed by atoms with Gasteiger partial charge in [0.25, 0.3) is 0 Å².